The van der Waals surface area contributed by atoms with Crippen molar-refractivity contribution in [1.29, 1.82) is 0 Å². The van der Waals surface area contributed by atoms with E-state index in [0.717, 1.165) is 96.1 Å². The Morgan fingerprint density at radius 1 is 1.00 bits per heavy atom. The third kappa shape index (κ3) is 9.54. The fourth-order valence-electron chi connectivity index (χ4n) is 6.02. The van der Waals surface area contributed by atoms with E-state index in [1.165, 1.54) is 12.5 Å². The van der Waals surface area contributed by atoms with E-state index in [1.807, 2.05) is 0 Å². The number of rotatable bonds is 9. The van der Waals surface area contributed by atoms with Crippen molar-refractivity contribution in [3.05, 3.63) is 22.7 Å². The van der Waals surface area contributed by atoms with Crippen LogP contribution in [0.15, 0.2) is 17.1 Å². The highest BCUT2D eigenvalue weighted by Crippen LogP contribution is 2.55. The molecule has 1 saturated heterocycles. The number of carboxylic acids is 1. The molecule has 1 aromatic heterocycles. The van der Waals surface area contributed by atoms with E-state index in [4.69, 9.17) is 29.1 Å². The molecular formula is C28H44F2N3O8P. The quantitative estimate of drug-likeness (QED) is 0.305. The molecule has 0 bridgehead atoms. The largest absolute Gasteiger partial charge is 0.481 e. The normalized spacial score (nSPS) is 26.0. The van der Waals surface area contributed by atoms with E-state index in [-0.39, 0.29) is 23.9 Å². The van der Waals surface area contributed by atoms with Crippen LogP contribution in [-0.2, 0) is 27.7 Å². The summed E-state index contributed by atoms with van der Waals surface area (Å²) >= 11 is 0. The SMILES string of the molecule is Nc1ccn(C2OC(COP(=O)(OC3CCCCC3)OC3CCCCC3)CC2(F)F)c(=O)n1.O=C(O)C1CCCCC1. The number of aliphatic carboxylic acids is 1. The second kappa shape index (κ2) is 15.2. The summed E-state index contributed by atoms with van der Waals surface area (Å²) in [5.41, 5.74) is 4.50. The molecule has 2 atom stereocenters. The Labute approximate surface area is 245 Å². The molecule has 3 saturated carbocycles. The van der Waals surface area contributed by atoms with Gasteiger partial charge >= 0.3 is 19.5 Å². The van der Waals surface area contributed by atoms with Crippen molar-refractivity contribution in [1.82, 2.24) is 9.55 Å². The molecule has 3 N–H and O–H groups in total. The Bertz CT molecular complexity index is 1100. The van der Waals surface area contributed by atoms with E-state index in [0.29, 0.717) is 4.57 Å². The lowest BCUT2D eigenvalue weighted by molar-refractivity contribution is -0.142. The Morgan fingerprint density at radius 3 is 2.00 bits per heavy atom. The lowest BCUT2D eigenvalue weighted by atomic mass is 9.90. The van der Waals surface area contributed by atoms with E-state index in [2.05, 4.69) is 4.98 Å². The third-order valence-corrected chi connectivity index (χ3v) is 9.90. The highest BCUT2D eigenvalue weighted by Gasteiger charge is 2.52. The summed E-state index contributed by atoms with van der Waals surface area (Å²) in [7, 11) is -3.98. The van der Waals surface area contributed by atoms with Crippen molar-refractivity contribution in [2.45, 2.75) is 133 Å². The number of anilines is 1. The maximum absolute atomic E-state index is 14.7. The van der Waals surface area contributed by atoms with Crippen LogP contribution < -0.4 is 11.4 Å². The summed E-state index contributed by atoms with van der Waals surface area (Å²) in [5, 5.41) is 8.54. The smallest absolute Gasteiger partial charge is 0.475 e. The van der Waals surface area contributed by atoms with Crippen molar-refractivity contribution < 1.29 is 41.6 Å². The van der Waals surface area contributed by atoms with E-state index in [1.54, 1.807) is 0 Å². The maximum Gasteiger partial charge on any atom is 0.475 e. The highest BCUT2D eigenvalue weighted by atomic mass is 31.2. The van der Waals surface area contributed by atoms with Gasteiger partial charge in [-0.2, -0.15) is 4.98 Å². The molecule has 0 radical (unpaired) electrons. The molecule has 2 unspecified atom stereocenters. The molecule has 238 valence electrons. The number of alkyl halides is 2. The standard InChI is InChI=1S/C21H32F2N3O6P.C7H12O2/c22-21(23)13-17(30-19(21)26-12-11-18(24)25-20(26)27)14-29-33(28,31-15-7-3-1-4-8-15)32-16-9-5-2-6-10-16;8-7(9)6-4-2-1-3-5-6/h11-12,15-17,19H,1-10,13-14H2,(H2,24,25,27);6H,1-5H2,(H,8,9). The van der Waals surface area contributed by atoms with Crippen LogP contribution >= 0.6 is 7.82 Å². The van der Waals surface area contributed by atoms with Crippen molar-refractivity contribution in [3.63, 3.8) is 0 Å². The van der Waals surface area contributed by atoms with Gasteiger partial charge in [0.05, 0.1) is 30.8 Å². The van der Waals surface area contributed by atoms with Gasteiger partial charge in [0.25, 0.3) is 5.92 Å². The number of hydrogen-bond donors (Lipinski definition) is 2. The van der Waals surface area contributed by atoms with Crippen LogP contribution in [0.3, 0.4) is 0 Å². The summed E-state index contributed by atoms with van der Waals surface area (Å²) in [4.78, 5) is 25.9. The molecule has 4 fully saturated rings. The fraction of sp³-hybridized carbons (Fsp3) is 0.821. The van der Waals surface area contributed by atoms with Gasteiger partial charge in [0, 0.05) is 12.6 Å². The first-order valence-corrected chi connectivity index (χ1v) is 16.7. The number of nitrogens with zero attached hydrogens (tertiary/aromatic N) is 2. The number of carboxylic acid groups (broad SMARTS) is 1. The van der Waals surface area contributed by atoms with Gasteiger partial charge in [-0.1, -0.05) is 57.8 Å². The molecule has 2 heterocycles. The van der Waals surface area contributed by atoms with Gasteiger partial charge in [0.15, 0.2) is 0 Å². The molecule has 0 spiro atoms. The van der Waals surface area contributed by atoms with Crippen LogP contribution in [0.1, 0.15) is 109 Å². The number of carbonyl (C=O) groups is 1. The number of phosphoric ester groups is 1. The van der Waals surface area contributed by atoms with Crippen LogP contribution in [0.4, 0.5) is 14.6 Å². The summed E-state index contributed by atoms with van der Waals surface area (Å²) in [6.07, 6.45) is 11.3. The first-order valence-electron chi connectivity index (χ1n) is 15.3. The maximum atomic E-state index is 14.7. The predicted octanol–water partition coefficient (Wildman–Crippen LogP) is 6.22. The van der Waals surface area contributed by atoms with Gasteiger partial charge in [-0.05, 0) is 44.6 Å². The number of phosphoric acid groups is 1. The minimum atomic E-state index is -3.98. The Hall–Kier alpha value is -1.92. The highest BCUT2D eigenvalue weighted by molar-refractivity contribution is 7.48. The first-order chi connectivity index (χ1) is 20.0. The van der Waals surface area contributed by atoms with Crippen LogP contribution in [0.5, 0.6) is 0 Å². The number of nitrogens with two attached hydrogens (primary N) is 1. The Kier molecular flexibility index (Phi) is 11.9. The molecule has 0 amide bonds. The second-order valence-electron chi connectivity index (χ2n) is 11.8. The van der Waals surface area contributed by atoms with Gasteiger partial charge in [0.1, 0.15) is 5.82 Å². The van der Waals surface area contributed by atoms with Crippen molar-refractivity contribution >= 4 is 19.6 Å². The molecule has 11 nitrogen and oxygen atoms in total. The van der Waals surface area contributed by atoms with Crippen molar-refractivity contribution in [2.24, 2.45) is 5.92 Å². The molecule has 0 aromatic carbocycles. The predicted molar refractivity (Wildman–Crippen MR) is 150 cm³/mol. The summed E-state index contributed by atoms with van der Waals surface area (Å²) < 4.78 is 66.2. The summed E-state index contributed by atoms with van der Waals surface area (Å²) in [6.45, 7) is -0.403. The topological polar surface area (TPSA) is 152 Å². The minimum absolute atomic E-state index is 0.0289. The summed E-state index contributed by atoms with van der Waals surface area (Å²) in [5.74, 6) is -4.06. The number of nitrogen functional groups attached to an aromatic ring is 1. The molecule has 14 heteroatoms. The monoisotopic (exact) mass is 619 g/mol. The number of hydrogen-bond acceptors (Lipinski definition) is 9. The third-order valence-electron chi connectivity index (χ3n) is 8.32. The zero-order valence-corrected chi connectivity index (χ0v) is 24.9. The zero-order valence-electron chi connectivity index (χ0n) is 24.0. The van der Waals surface area contributed by atoms with E-state index < -0.39 is 50.8 Å². The van der Waals surface area contributed by atoms with Crippen LogP contribution in [0, 0.1) is 5.92 Å². The van der Waals surface area contributed by atoms with Gasteiger partial charge in [0.2, 0.25) is 6.23 Å². The van der Waals surface area contributed by atoms with Gasteiger partial charge in [-0.25, -0.2) is 18.1 Å². The zero-order chi connectivity index (χ0) is 30.2. The number of halogens is 2. The van der Waals surface area contributed by atoms with Gasteiger partial charge in [-0.3, -0.25) is 22.9 Å². The lowest BCUT2D eigenvalue weighted by Crippen LogP contribution is -2.35. The lowest BCUT2D eigenvalue weighted by Gasteiger charge is -2.30. The Morgan fingerprint density at radius 2 is 1.52 bits per heavy atom. The Balaban J connectivity index is 0.000000385. The van der Waals surface area contributed by atoms with Crippen molar-refractivity contribution in [2.75, 3.05) is 12.3 Å². The summed E-state index contributed by atoms with van der Waals surface area (Å²) in [6, 6.07) is 1.24. The van der Waals surface area contributed by atoms with E-state index in [9.17, 15) is 22.9 Å². The number of aromatic nitrogens is 2. The molecule has 3 aliphatic carbocycles. The fourth-order valence-corrected chi connectivity index (χ4v) is 7.69. The minimum Gasteiger partial charge on any atom is -0.481 e. The first kappa shape index (κ1) is 33.0. The molecule has 5 rings (SSSR count). The molecule has 1 aliphatic heterocycles. The average molecular weight is 620 g/mol. The second-order valence-corrected chi connectivity index (χ2v) is 13.3. The van der Waals surface area contributed by atoms with Crippen LogP contribution in [0.2, 0.25) is 0 Å². The van der Waals surface area contributed by atoms with Gasteiger partial charge in [-0.15, -0.1) is 0 Å². The van der Waals surface area contributed by atoms with E-state index >= 15 is 0 Å². The van der Waals surface area contributed by atoms with Crippen LogP contribution in [-0.4, -0.2) is 51.5 Å². The van der Waals surface area contributed by atoms with Crippen LogP contribution in [0.25, 0.3) is 0 Å². The molecule has 4 aliphatic rings. The molecule has 42 heavy (non-hydrogen) atoms. The van der Waals surface area contributed by atoms with Gasteiger partial charge < -0.3 is 15.6 Å². The number of ether oxygens (including phenoxy) is 1. The van der Waals surface area contributed by atoms with Crippen molar-refractivity contribution in [3.8, 4) is 0 Å². The molecule has 1 aromatic rings. The average Bonchev–Trinajstić information content (AvgIpc) is 3.27. The molecular weight excluding hydrogens is 575 g/mol.